The SMILES string of the molecule is CN(C)CCCNc1nn2ccccc2c1N=C1C=C2OCCN=C2CC1=O. The zero-order valence-electron chi connectivity index (χ0n) is 16.2. The van der Waals surface area contributed by atoms with Gasteiger partial charge in [0.1, 0.15) is 23.8 Å². The van der Waals surface area contributed by atoms with Crippen molar-refractivity contribution < 1.29 is 9.53 Å². The first kappa shape index (κ1) is 18.4. The van der Waals surface area contributed by atoms with Crippen LogP contribution in [-0.4, -0.2) is 72.1 Å². The predicted molar refractivity (Wildman–Crippen MR) is 110 cm³/mol. The third kappa shape index (κ3) is 3.82. The molecular weight excluding hydrogens is 356 g/mol. The monoisotopic (exact) mass is 380 g/mol. The average molecular weight is 380 g/mol. The first-order valence-corrected chi connectivity index (χ1v) is 9.48. The molecule has 1 N–H and O–H groups in total. The van der Waals surface area contributed by atoms with Crippen molar-refractivity contribution in [3.05, 3.63) is 36.2 Å². The first-order valence-electron chi connectivity index (χ1n) is 9.48. The highest BCUT2D eigenvalue weighted by atomic mass is 16.5. The number of allylic oxidation sites excluding steroid dienone is 2. The highest BCUT2D eigenvalue weighted by molar-refractivity contribution is 6.51. The smallest absolute Gasteiger partial charge is 0.187 e. The van der Waals surface area contributed by atoms with E-state index in [1.54, 1.807) is 10.6 Å². The van der Waals surface area contributed by atoms with Crippen molar-refractivity contribution in [2.24, 2.45) is 9.98 Å². The number of anilines is 1. The summed E-state index contributed by atoms with van der Waals surface area (Å²) in [4.78, 5) is 23.8. The van der Waals surface area contributed by atoms with Gasteiger partial charge in [-0.05, 0) is 39.2 Å². The number of carbonyl (C=O) groups is 1. The molecule has 1 aliphatic heterocycles. The van der Waals surface area contributed by atoms with E-state index in [4.69, 9.17) is 9.73 Å². The van der Waals surface area contributed by atoms with Gasteiger partial charge in [-0.25, -0.2) is 9.51 Å². The topological polar surface area (TPSA) is 83.6 Å². The molecule has 0 fully saturated rings. The van der Waals surface area contributed by atoms with E-state index in [2.05, 4.69) is 34.4 Å². The van der Waals surface area contributed by atoms with Gasteiger partial charge < -0.3 is 15.0 Å². The summed E-state index contributed by atoms with van der Waals surface area (Å²) in [5.41, 5.74) is 2.62. The summed E-state index contributed by atoms with van der Waals surface area (Å²) in [6, 6.07) is 5.80. The Kier molecular flexibility index (Phi) is 5.21. The highest BCUT2D eigenvalue weighted by Crippen LogP contribution is 2.31. The maximum atomic E-state index is 12.6. The summed E-state index contributed by atoms with van der Waals surface area (Å²) in [7, 11) is 4.10. The molecular formula is C20H24N6O2. The van der Waals surface area contributed by atoms with E-state index in [9.17, 15) is 4.79 Å². The Bertz CT molecular complexity index is 986. The number of ether oxygens (including phenoxy) is 1. The molecule has 0 bridgehead atoms. The van der Waals surface area contributed by atoms with Crippen molar-refractivity contribution in [2.75, 3.05) is 45.7 Å². The van der Waals surface area contributed by atoms with Crippen LogP contribution < -0.4 is 5.32 Å². The van der Waals surface area contributed by atoms with Crippen LogP contribution in [0, 0.1) is 0 Å². The Morgan fingerprint density at radius 2 is 2.25 bits per heavy atom. The molecule has 2 aromatic heterocycles. The molecule has 0 amide bonds. The fourth-order valence-electron chi connectivity index (χ4n) is 3.24. The molecule has 28 heavy (non-hydrogen) atoms. The minimum absolute atomic E-state index is 0.0539. The van der Waals surface area contributed by atoms with Crippen LogP contribution in [0.3, 0.4) is 0 Å². The Balaban J connectivity index is 1.68. The van der Waals surface area contributed by atoms with Gasteiger partial charge in [-0.1, -0.05) is 6.07 Å². The van der Waals surface area contributed by atoms with Crippen molar-refractivity contribution in [3.63, 3.8) is 0 Å². The molecule has 2 aliphatic rings. The first-order chi connectivity index (χ1) is 13.6. The number of aliphatic imine (C=N–C) groups is 2. The number of nitrogens with zero attached hydrogens (tertiary/aromatic N) is 5. The van der Waals surface area contributed by atoms with Crippen LogP contribution in [0.5, 0.6) is 0 Å². The van der Waals surface area contributed by atoms with Gasteiger partial charge in [0.25, 0.3) is 0 Å². The lowest BCUT2D eigenvalue weighted by Gasteiger charge is -2.20. The van der Waals surface area contributed by atoms with Gasteiger partial charge in [-0.15, -0.1) is 5.10 Å². The van der Waals surface area contributed by atoms with E-state index in [-0.39, 0.29) is 12.2 Å². The van der Waals surface area contributed by atoms with Gasteiger partial charge in [0.2, 0.25) is 0 Å². The minimum atomic E-state index is -0.0539. The van der Waals surface area contributed by atoms with Gasteiger partial charge in [-0.3, -0.25) is 9.79 Å². The molecule has 0 saturated carbocycles. The van der Waals surface area contributed by atoms with E-state index >= 15 is 0 Å². The zero-order valence-corrected chi connectivity index (χ0v) is 16.2. The summed E-state index contributed by atoms with van der Waals surface area (Å²) >= 11 is 0. The molecule has 3 heterocycles. The van der Waals surface area contributed by atoms with E-state index in [1.807, 2.05) is 24.4 Å². The number of hydrogen-bond donors (Lipinski definition) is 1. The number of nitrogens with one attached hydrogen (secondary N) is 1. The fourth-order valence-corrected chi connectivity index (χ4v) is 3.24. The summed E-state index contributed by atoms with van der Waals surface area (Å²) in [5.74, 6) is 1.27. The Morgan fingerprint density at radius 1 is 1.36 bits per heavy atom. The molecule has 0 atom stereocenters. The standard InChI is InChI=1S/C20H24N6O2/c1-25(2)9-5-7-22-20-19(16-6-3-4-10-26(16)24-20)23-14-13-18-15(12-17(14)27)21-8-11-28-18/h3-4,6,10,13H,5,7-9,11-12H2,1-2H3,(H,22,24). The Morgan fingerprint density at radius 3 is 3.11 bits per heavy atom. The van der Waals surface area contributed by atoms with Crippen LogP contribution in [0.1, 0.15) is 12.8 Å². The largest absolute Gasteiger partial charge is 0.490 e. The lowest BCUT2D eigenvalue weighted by molar-refractivity contribution is -0.112. The molecule has 0 radical (unpaired) electrons. The lowest BCUT2D eigenvalue weighted by Crippen LogP contribution is -2.28. The summed E-state index contributed by atoms with van der Waals surface area (Å²) in [6.07, 6.45) is 4.79. The average Bonchev–Trinajstić information content (AvgIpc) is 3.03. The third-order valence-electron chi connectivity index (χ3n) is 4.64. The van der Waals surface area contributed by atoms with Crippen LogP contribution >= 0.6 is 0 Å². The van der Waals surface area contributed by atoms with Gasteiger partial charge in [0.05, 0.1) is 24.2 Å². The van der Waals surface area contributed by atoms with E-state index < -0.39 is 0 Å². The Labute approximate surface area is 163 Å². The van der Waals surface area contributed by atoms with Gasteiger partial charge in [-0.2, -0.15) is 0 Å². The molecule has 2 aromatic rings. The van der Waals surface area contributed by atoms with Gasteiger partial charge >= 0.3 is 0 Å². The van der Waals surface area contributed by atoms with E-state index in [0.717, 1.165) is 30.7 Å². The molecule has 0 saturated heterocycles. The van der Waals surface area contributed by atoms with Gasteiger partial charge in [0, 0.05) is 18.8 Å². The lowest BCUT2D eigenvalue weighted by atomic mass is 10.00. The number of carbonyl (C=O) groups excluding carboxylic acids is 1. The van der Waals surface area contributed by atoms with Gasteiger partial charge in [0.15, 0.2) is 11.6 Å². The molecule has 8 heteroatoms. The molecule has 4 rings (SSSR count). The number of aromatic nitrogens is 2. The molecule has 0 spiro atoms. The summed E-state index contributed by atoms with van der Waals surface area (Å²) < 4.78 is 7.43. The quantitative estimate of drug-likeness (QED) is 0.776. The number of fused-ring (bicyclic) bond motifs is 2. The number of hydrogen-bond acceptors (Lipinski definition) is 7. The van der Waals surface area contributed by atoms with Crippen LogP contribution in [0.15, 0.2) is 46.2 Å². The fraction of sp³-hybridized carbons (Fsp3) is 0.400. The van der Waals surface area contributed by atoms with Crippen molar-refractivity contribution in [1.29, 1.82) is 0 Å². The summed E-state index contributed by atoms with van der Waals surface area (Å²) in [5, 5.41) is 7.97. The second kappa shape index (κ2) is 7.93. The second-order valence-corrected chi connectivity index (χ2v) is 7.09. The Hall–Kier alpha value is -3.00. The predicted octanol–water partition coefficient (Wildman–Crippen LogP) is 2.10. The normalized spacial score (nSPS) is 18.1. The number of Topliss-reactive ketones (excluding diaryl/α,β-unsaturated/α-hetero) is 1. The molecule has 1 aliphatic carbocycles. The maximum Gasteiger partial charge on any atom is 0.187 e. The van der Waals surface area contributed by atoms with Crippen LogP contribution in [0.25, 0.3) is 5.52 Å². The van der Waals surface area contributed by atoms with E-state index in [0.29, 0.717) is 36.1 Å². The maximum absolute atomic E-state index is 12.6. The van der Waals surface area contributed by atoms with Crippen LogP contribution in [0.2, 0.25) is 0 Å². The number of rotatable bonds is 6. The van der Waals surface area contributed by atoms with Crippen LogP contribution in [-0.2, 0) is 9.53 Å². The zero-order chi connectivity index (χ0) is 19.5. The highest BCUT2D eigenvalue weighted by Gasteiger charge is 2.26. The van der Waals surface area contributed by atoms with Crippen LogP contribution in [0.4, 0.5) is 11.5 Å². The summed E-state index contributed by atoms with van der Waals surface area (Å²) in [6.45, 7) is 2.89. The number of pyridine rings is 1. The molecule has 0 aromatic carbocycles. The third-order valence-corrected chi connectivity index (χ3v) is 4.64. The second-order valence-electron chi connectivity index (χ2n) is 7.09. The molecule has 146 valence electrons. The minimum Gasteiger partial charge on any atom is -0.490 e. The molecule has 0 unspecified atom stereocenters. The van der Waals surface area contributed by atoms with E-state index in [1.165, 1.54) is 0 Å². The van der Waals surface area contributed by atoms with Crippen molar-refractivity contribution >= 4 is 34.2 Å². The number of ketones is 1. The van der Waals surface area contributed by atoms with Crippen molar-refractivity contribution in [1.82, 2.24) is 14.5 Å². The van der Waals surface area contributed by atoms with Crippen molar-refractivity contribution in [2.45, 2.75) is 12.8 Å². The molecule has 8 nitrogen and oxygen atoms in total. The van der Waals surface area contributed by atoms with Crippen molar-refractivity contribution in [3.8, 4) is 0 Å².